The van der Waals surface area contributed by atoms with Gasteiger partial charge in [0.2, 0.25) is 5.75 Å². The summed E-state index contributed by atoms with van der Waals surface area (Å²) >= 11 is 0. The molecule has 0 spiro atoms. The number of carbonyl (C=O) groups is 1. The van der Waals surface area contributed by atoms with Crippen molar-refractivity contribution in [3.05, 3.63) is 60.2 Å². The highest BCUT2D eigenvalue weighted by molar-refractivity contribution is 5.95. The van der Waals surface area contributed by atoms with Crippen LogP contribution in [0.2, 0.25) is 0 Å². The van der Waals surface area contributed by atoms with Crippen molar-refractivity contribution in [1.29, 1.82) is 0 Å². The van der Waals surface area contributed by atoms with E-state index in [0.717, 1.165) is 17.7 Å². The second-order valence-electron chi connectivity index (χ2n) is 6.53. The average molecular weight is 438 g/mol. The van der Waals surface area contributed by atoms with Crippen LogP contribution in [0, 0.1) is 11.8 Å². The minimum Gasteiger partial charge on any atom is -0.490 e. The number of benzene rings is 2. The summed E-state index contributed by atoms with van der Waals surface area (Å²) in [5.74, 6) is 7.78. The fourth-order valence-corrected chi connectivity index (χ4v) is 2.94. The van der Waals surface area contributed by atoms with Gasteiger partial charge in [0.1, 0.15) is 12.4 Å². The summed E-state index contributed by atoms with van der Waals surface area (Å²) in [6.45, 7) is 11.2. The predicted molar refractivity (Wildman–Crippen MR) is 126 cm³/mol. The number of amides is 1. The van der Waals surface area contributed by atoms with Gasteiger partial charge in [-0.2, -0.15) is 0 Å². The SMILES string of the molecule is C=CCc1ccccc1OCC#CCNC(=O)c1cc(OCC)c(OCC)c(OCC)c1. The molecule has 0 fully saturated rings. The van der Waals surface area contributed by atoms with Crippen LogP contribution in [0.25, 0.3) is 0 Å². The second kappa shape index (κ2) is 13.7. The molecular weight excluding hydrogens is 406 g/mol. The molecule has 170 valence electrons. The van der Waals surface area contributed by atoms with Crippen molar-refractivity contribution < 1.29 is 23.7 Å². The molecule has 0 unspecified atom stereocenters. The Bertz CT molecular complexity index is 931. The van der Waals surface area contributed by atoms with Gasteiger partial charge in [-0.05, 0) is 51.0 Å². The van der Waals surface area contributed by atoms with E-state index < -0.39 is 0 Å². The van der Waals surface area contributed by atoms with Crippen LogP contribution in [-0.4, -0.2) is 38.9 Å². The fraction of sp³-hybridized carbons (Fsp3) is 0.346. The van der Waals surface area contributed by atoms with E-state index in [1.165, 1.54) is 0 Å². The van der Waals surface area contributed by atoms with Gasteiger partial charge in [-0.25, -0.2) is 0 Å². The monoisotopic (exact) mass is 437 g/mol. The Balaban J connectivity index is 1.99. The summed E-state index contributed by atoms with van der Waals surface area (Å²) in [6, 6.07) is 11.1. The van der Waals surface area contributed by atoms with Crippen LogP contribution in [-0.2, 0) is 6.42 Å². The molecule has 6 nitrogen and oxygen atoms in total. The number of para-hydroxylation sites is 1. The second-order valence-corrected chi connectivity index (χ2v) is 6.53. The van der Waals surface area contributed by atoms with Gasteiger partial charge >= 0.3 is 0 Å². The number of hydrogen-bond donors (Lipinski definition) is 1. The molecule has 2 rings (SSSR count). The summed E-state index contributed by atoms with van der Waals surface area (Å²) in [5, 5.41) is 2.79. The molecule has 6 heteroatoms. The first-order valence-corrected chi connectivity index (χ1v) is 10.8. The Kier molecular flexibility index (Phi) is 10.5. The lowest BCUT2D eigenvalue weighted by Crippen LogP contribution is -2.24. The third-order valence-corrected chi connectivity index (χ3v) is 4.27. The minimum absolute atomic E-state index is 0.192. The number of ether oxygens (including phenoxy) is 4. The number of hydrogen-bond acceptors (Lipinski definition) is 5. The summed E-state index contributed by atoms with van der Waals surface area (Å²) in [6.07, 6.45) is 2.56. The van der Waals surface area contributed by atoms with Crippen LogP contribution in [0.1, 0.15) is 36.7 Å². The Morgan fingerprint density at radius 2 is 1.59 bits per heavy atom. The van der Waals surface area contributed by atoms with E-state index in [-0.39, 0.29) is 19.1 Å². The molecule has 2 aromatic carbocycles. The zero-order chi connectivity index (χ0) is 23.2. The van der Waals surface area contributed by atoms with Crippen molar-refractivity contribution in [2.75, 3.05) is 33.0 Å². The van der Waals surface area contributed by atoms with Crippen molar-refractivity contribution in [1.82, 2.24) is 5.32 Å². The van der Waals surface area contributed by atoms with Crippen molar-refractivity contribution in [3.63, 3.8) is 0 Å². The molecule has 0 radical (unpaired) electrons. The lowest BCUT2D eigenvalue weighted by molar-refractivity contribution is 0.0957. The van der Waals surface area contributed by atoms with Crippen molar-refractivity contribution in [2.45, 2.75) is 27.2 Å². The first-order chi connectivity index (χ1) is 15.6. The van der Waals surface area contributed by atoms with Gasteiger partial charge in [0.05, 0.1) is 26.4 Å². The van der Waals surface area contributed by atoms with Crippen LogP contribution >= 0.6 is 0 Å². The van der Waals surface area contributed by atoms with Crippen molar-refractivity contribution in [3.8, 4) is 34.8 Å². The highest BCUT2D eigenvalue weighted by atomic mass is 16.5. The maximum atomic E-state index is 12.6. The Hall–Kier alpha value is -3.59. The summed E-state index contributed by atoms with van der Waals surface area (Å²) in [4.78, 5) is 12.6. The number of rotatable bonds is 12. The normalized spacial score (nSPS) is 9.84. The predicted octanol–water partition coefficient (Wildman–Crippen LogP) is 4.42. The van der Waals surface area contributed by atoms with Gasteiger partial charge in [-0.15, -0.1) is 6.58 Å². The lowest BCUT2D eigenvalue weighted by Gasteiger charge is -2.16. The maximum Gasteiger partial charge on any atom is 0.252 e. The third kappa shape index (κ3) is 7.28. The number of carbonyl (C=O) groups excluding carboxylic acids is 1. The topological polar surface area (TPSA) is 66.0 Å². The molecule has 0 saturated carbocycles. The summed E-state index contributed by atoms with van der Waals surface area (Å²) in [7, 11) is 0. The van der Waals surface area contributed by atoms with Crippen LogP contribution in [0.4, 0.5) is 0 Å². The minimum atomic E-state index is -0.276. The van der Waals surface area contributed by atoms with E-state index in [4.69, 9.17) is 18.9 Å². The fourth-order valence-electron chi connectivity index (χ4n) is 2.94. The molecule has 0 aliphatic heterocycles. The summed E-state index contributed by atoms with van der Waals surface area (Å²) in [5.41, 5.74) is 1.47. The highest BCUT2D eigenvalue weighted by Crippen LogP contribution is 2.39. The van der Waals surface area contributed by atoms with E-state index in [1.54, 1.807) is 12.1 Å². The molecule has 0 saturated heterocycles. The smallest absolute Gasteiger partial charge is 0.252 e. The zero-order valence-electron chi connectivity index (χ0n) is 19.0. The van der Waals surface area contributed by atoms with Crippen LogP contribution < -0.4 is 24.3 Å². The summed E-state index contributed by atoms with van der Waals surface area (Å²) < 4.78 is 22.7. The first-order valence-electron chi connectivity index (χ1n) is 10.8. The van der Waals surface area contributed by atoms with Crippen LogP contribution in [0.15, 0.2) is 49.1 Å². The van der Waals surface area contributed by atoms with Crippen LogP contribution in [0.5, 0.6) is 23.0 Å². The van der Waals surface area contributed by atoms with E-state index in [2.05, 4.69) is 23.7 Å². The Labute approximate surface area is 190 Å². The number of nitrogens with one attached hydrogen (secondary N) is 1. The molecule has 0 heterocycles. The molecule has 0 atom stereocenters. The average Bonchev–Trinajstić information content (AvgIpc) is 2.79. The van der Waals surface area contributed by atoms with Crippen LogP contribution in [0.3, 0.4) is 0 Å². The van der Waals surface area contributed by atoms with E-state index in [0.29, 0.717) is 42.6 Å². The van der Waals surface area contributed by atoms with Crippen molar-refractivity contribution in [2.24, 2.45) is 0 Å². The third-order valence-electron chi connectivity index (χ3n) is 4.27. The molecule has 0 bridgehead atoms. The quantitative estimate of drug-likeness (QED) is 0.393. The Morgan fingerprint density at radius 3 is 2.22 bits per heavy atom. The van der Waals surface area contributed by atoms with Gasteiger partial charge in [0, 0.05) is 5.56 Å². The largest absolute Gasteiger partial charge is 0.490 e. The van der Waals surface area contributed by atoms with E-state index in [1.807, 2.05) is 51.1 Å². The maximum absolute atomic E-state index is 12.6. The van der Waals surface area contributed by atoms with Gasteiger partial charge in [-0.3, -0.25) is 4.79 Å². The first kappa shape index (κ1) is 24.7. The van der Waals surface area contributed by atoms with Crippen molar-refractivity contribution >= 4 is 5.91 Å². The zero-order valence-corrected chi connectivity index (χ0v) is 19.0. The van der Waals surface area contributed by atoms with Gasteiger partial charge < -0.3 is 24.3 Å². The molecule has 1 amide bonds. The van der Waals surface area contributed by atoms with Gasteiger partial charge in [-0.1, -0.05) is 36.1 Å². The molecular formula is C26H31NO5. The molecule has 0 aliphatic carbocycles. The van der Waals surface area contributed by atoms with Gasteiger partial charge in [0.25, 0.3) is 5.91 Å². The molecule has 2 aromatic rings. The van der Waals surface area contributed by atoms with Gasteiger partial charge in [0.15, 0.2) is 11.5 Å². The van der Waals surface area contributed by atoms with E-state index in [9.17, 15) is 4.79 Å². The lowest BCUT2D eigenvalue weighted by atomic mass is 10.1. The molecule has 0 aromatic heterocycles. The number of allylic oxidation sites excluding steroid dienone is 1. The van der Waals surface area contributed by atoms with E-state index >= 15 is 0 Å². The molecule has 32 heavy (non-hydrogen) atoms. The molecule has 1 N–H and O–H groups in total. The highest BCUT2D eigenvalue weighted by Gasteiger charge is 2.18. The molecule has 0 aliphatic rings. The standard InChI is InChI=1S/C26H31NO5/c1-5-13-20-14-9-10-15-22(20)32-17-12-11-16-27-26(28)21-18-23(29-6-2)25(31-8-4)24(19-21)30-7-3/h5,9-10,14-15,18-19H,1,6-8,13,16-17H2,2-4H3,(H,27,28). The Morgan fingerprint density at radius 1 is 0.938 bits per heavy atom.